The van der Waals surface area contributed by atoms with Crippen molar-refractivity contribution in [2.75, 3.05) is 11.9 Å². The van der Waals surface area contributed by atoms with Gasteiger partial charge in [-0.15, -0.1) is 0 Å². The molecular weight excluding hydrogens is 234 g/mol. The first-order valence-electron chi connectivity index (χ1n) is 6.20. The number of aliphatic hydroxyl groups is 1. The molecule has 2 rings (SSSR count). The van der Waals surface area contributed by atoms with Gasteiger partial charge in [-0.25, -0.2) is 4.98 Å². The van der Waals surface area contributed by atoms with E-state index >= 15 is 0 Å². The van der Waals surface area contributed by atoms with Crippen molar-refractivity contribution in [2.45, 2.75) is 57.5 Å². The van der Waals surface area contributed by atoms with Crippen LogP contribution in [0.15, 0.2) is 0 Å². The number of anilines is 1. The second kappa shape index (κ2) is 4.53. The number of nitrogens with zero attached hydrogens (tertiary/aromatic N) is 2. The van der Waals surface area contributed by atoms with Gasteiger partial charge in [0, 0.05) is 23.5 Å². The molecular formula is C12H21N3OS. The highest BCUT2D eigenvalue weighted by atomic mass is 32.1. The van der Waals surface area contributed by atoms with Gasteiger partial charge >= 0.3 is 0 Å². The molecule has 0 aromatic carbocycles. The van der Waals surface area contributed by atoms with E-state index in [2.05, 4.69) is 35.4 Å². The minimum Gasteiger partial charge on any atom is -0.388 e. The molecule has 2 N–H and O–H groups in total. The fourth-order valence-corrected chi connectivity index (χ4v) is 2.80. The summed E-state index contributed by atoms with van der Waals surface area (Å²) in [6, 6.07) is 0. The van der Waals surface area contributed by atoms with Crippen LogP contribution in [0.1, 0.15) is 52.3 Å². The quantitative estimate of drug-likeness (QED) is 0.871. The summed E-state index contributed by atoms with van der Waals surface area (Å²) in [5, 5.41) is 14.2. The standard InChI is InChI=1S/C12H21N3OS/c1-11(2,3)9-14-10(17-15-9)13-8-12(16)6-4-5-7-12/h16H,4-8H2,1-3H3,(H,13,14,15). The molecule has 1 aliphatic carbocycles. The van der Waals surface area contributed by atoms with Crippen LogP contribution >= 0.6 is 11.5 Å². The van der Waals surface area contributed by atoms with Crippen molar-refractivity contribution in [3.8, 4) is 0 Å². The molecule has 0 spiro atoms. The van der Waals surface area contributed by atoms with E-state index in [4.69, 9.17) is 0 Å². The van der Waals surface area contributed by atoms with E-state index in [1.54, 1.807) is 0 Å². The van der Waals surface area contributed by atoms with Gasteiger partial charge < -0.3 is 10.4 Å². The Morgan fingerprint density at radius 2 is 2.00 bits per heavy atom. The van der Waals surface area contributed by atoms with Crippen molar-refractivity contribution < 1.29 is 5.11 Å². The lowest BCUT2D eigenvalue weighted by Gasteiger charge is -2.21. The minimum absolute atomic E-state index is 0.0132. The SMILES string of the molecule is CC(C)(C)c1nsc(NCC2(O)CCCC2)n1. The Bertz CT molecular complexity index is 377. The van der Waals surface area contributed by atoms with Crippen LogP contribution in [0.25, 0.3) is 0 Å². The zero-order valence-electron chi connectivity index (χ0n) is 10.8. The highest BCUT2D eigenvalue weighted by Crippen LogP contribution is 2.30. The average molecular weight is 255 g/mol. The van der Waals surface area contributed by atoms with Crippen LogP contribution < -0.4 is 5.32 Å². The van der Waals surface area contributed by atoms with Gasteiger partial charge in [-0.3, -0.25) is 0 Å². The minimum atomic E-state index is -0.534. The van der Waals surface area contributed by atoms with Gasteiger partial charge in [0.2, 0.25) is 5.13 Å². The third-order valence-electron chi connectivity index (χ3n) is 3.20. The number of aromatic nitrogens is 2. The van der Waals surface area contributed by atoms with E-state index in [9.17, 15) is 5.11 Å². The first-order valence-corrected chi connectivity index (χ1v) is 6.97. The zero-order valence-corrected chi connectivity index (χ0v) is 11.6. The lowest BCUT2D eigenvalue weighted by molar-refractivity contribution is 0.0614. The largest absolute Gasteiger partial charge is 0.388 e. The van der Waals surface area contributed by atoms with Crippen molar-refractivity contribution in [3.63, 3.8) is 0 Å². The predicted molar refractivity (Wildman–Crippen MR) is 70.5 cm³/mol. The predicted octanol–water partition coefficient (Wildman–Crippen LogP) is 2.55. The van der Waals surface area contributed by atoms with Gasteiger partial charge in [-0.1, -0.05) is 33.6 Å². The fraction of sp³-hybridized carbons (Fsp3) is 0.833. The number of hydrogen-bond acceptors (Lipinski definition) is 5. The van der Waals surface area contributed by atoms with Gasteiger partial charge in [0.25, 0.3) is 0 Å². The van der Waals surface area contributed by atoms with E-state index in [-0.39, 0.29) is 5.41 Å². The lowest BCUT2D eigenvalue weighted by atomic mass is 9.96. The third-order valence-corrected chi connectivity index (χ3v) is 3.87. The summed E-state index contributed by atoms with van der Waals surface area (Å²) in [6.07, 6.45) is 4.04. The molecule has 0 atom stereocenters. The normalized spacial score (nSPS) is 19.5. The van der Waals surface area contributed by atoms with Gasteiger partial charge in [-0.2, -0.15) is 4.37 Å². The van der Waals surface area contributed by atoms with Crippen molar-refractivity contribution >= 4 is 16.7 Å². The summed E-state index contributed by atoms with van der Waals surface area (Å²) >= 11 is 1.38. The molecule has 5 heteroatoms. The third kappa shape index (κ3) is 3.16. The molecule has 0 aliphatic heterocycles. The summed E-state index contributed by atoms with van der Waals surface area (Å²) in [6.45, 7) is 6.89. The maximum Gasteiger partial charge on any atom is 0.202 e. The molecule has 0 saturated heterocycles. The van der Waals surface area contributed by atoms with E-state index in [1.165, 1.54) is 11.5 Å². The summed E-state index contributed by atoms with van der Waals surface area (Å²) < 4.78 is 4.34. The second-order valence-electron chi connectivity index (χ2n) is 5.96. The molecule has 1 aromatic rings. The summed E-state index contributed by atoms with van der Waals surface area (Å²) in [5.74, 6) is 0.864. The zero-order chi connectivity index (χ0) is 12.5. The van der Waals surface area contributed by atoms with Crippen molar-refractivity contribution in [1.29, 1.82) is 0 Å². The van der Waals surface area contributed by atoms with E-state index in [0.717, 1.165) is 36.6 Å². The Kier molecular flexibility index (Phi) is 3.41. The van der Waals surface area contributed by atoms with Crippen molar-refractivity contribution in [1.82, 2.24) is 9.36 Å². The lowest BCUT2D eigenvalue weighted by Crippen LogP contribution is -2.33. The fourth-order valence-electron chi connectivity index (χ4n) is 2.05. The number of hydrogen-bond donors (Lipinski definition) is 2. The summed E-state index contributed by atoms with van der Waals surface area (Å²) in [5.41, 5.74) is -0.547. The Morgan fingerprint density at radius 3 is 2.53 bits per heavy atom. The van der Waals surface area contributed by atoms with Gasteiger partial charge in [0.15, 0.2) is 0 Å². The average Bonchev–Trinajstić information content (AvgIpc) is 2.83. The molecule has 1 aliphatic rings. The highest BCUT2D eigenvalue weighted by molar-refractivity contribution is 7.09. The van der Waals surface area contributed by atoms with Crippen LogP contribution in [0.3, 0.4) is 0 Å². The van der Waals surface area contributed by atoms with E-state index in [1.807, 2.05) is 0 Å². The van der Waals surface area contributed by atoms with Crippen LogP contribution in [0, 0.1) is 0 Å². The van der Waals surface area contributed by atoms with Crippen LogP contribution in [-0.4, -0.2) is 26.6 Å². The molecule has 1 aromatic heterocycles. The molecule has 0 radical (unpaired) electrons. The number of nitrogens with one attached hydrogen (secondary N) is 1. The summed E-state index contributed by atoms with van der Waals surface area (Å²) in [7, 11) is 0. The maximum atomic E-state index is 10.2. The monoisotopic (exact) mass is 255 g/mol. The number of rotatable bonds is 3. The molecule has 0 unspecified atom stereocenters. The molecule has 1 saturated carbocycles. The van der Waals surface area contributed by atoms with Gasteiger partial charge in [0.1, 0.15) is 5.82 Å². The van der Waals surface area contributed by atoms with Crippen LogP contribution in [0.5, 0.6) is 0 Å². The van der Waals surface area contributed by atoms with Crippen LogP contribution in [0.4, 0.5) is 5.13 Å². The molecule has 0 bridgehead atoms. The second-order valence-corrected chi connectivity index (χ2v) is 6.71. The van der Waals surface area contributed by atoms with Crippen molar-refractivity contribution in [2.24, 2.45) is 0 Å². The molecule has 17 heavy (non-hydrogen) atoms. The Balaban J connectivity index is 1.93. The van der Waals surface area contributed by atoms with E-state index < -0.39 is 5.60 Å². The topological polar surface area (TPSA) is 58.0 Å². The van der Waals surface area contributed by atoms with Crippen molar-refractivity contribution in [3.05, 3.63) is 5.82 Å². The Morgan fingerprint density at radius 1 is 1.35 bits per heavy atom. The van der Waals surface area contributed by atoms with Crippen LogP contribution in [0.2, 0.25) is 0 Å². The van der Waals surface area contributed by atoms with E-state index in [0.29, 0.717) is 6.54 Å². The van der Waals surface area contributed by atoms with Gasteiger partial charge in [0.05, 0.1) is 5.60 Å². The molecule has 4 nitrogen and oxygen atoms in total. The molecule has 96 valence electrons. The first kappa shape index (κ1) is 12.8. The molecule has 1 heterocycles. The van der Waals surface area contributed by atoms with Gasteiger partial charge in [-0.05, 0) is 12.8 Å². The Hall–Kier alpha value is -0.680. The highest BCUT2D eigenvalue weighted by Gasteiger charge is 2.31. The molecule has 0 amide bonds. The van der Waals surface area contributed by atoms with Crippen LogP contribution in [-0.2, 0) is 5.41 Å². The Labute approximate surface area is 107 Å². The molecule has 1 fully saturated rings. The smallest absolute Gasteiger partial charge is 0.202 e. The maximum absolute atomic E-state index is 10.2. The first-order chi connectivity index (χ1) is 7.89. The summed E-state index contributed by atoms with van der Waals surface area (Å²) in [4.78, 5) is 4.46.